The number of nitrogens with zero attached hydrogens (tertiary/aromatic N) is 2. The molecule has 0 bridgehead atoms. The highest BCUT2D eigenvalue weighted by Gasteiger charge is 2.15. The second-order valence-corrected chi connectivity index (χ2v) is 7.47. The molecular weight excluding hydrogens is 436 g/mol. The van der Waals surface area contributed by atoms with E-state index in [9.17, 15) is 4.79 Å². The summed E-state index contributed by atoms with van der Waals surface area (Å²) in [6.07, 6.45) is 2.80. The van der Waals surface area contributed by atoms with Crippen LogP contribution in [0, 0.1) is 0 Å². The average molecular weight is 454 g/mol. The number of anilines is 1. The number of carbonyl (C=O) groups is 1. The normalized spacial score (nSPS) is 11.6. The van der Waals surface area contributed by atoms with Gasteiger partial charge in [-0.1, -0.05) is 27.7 Å². The van der Waals surface area contributed by atoms with Crippen LogP contribution in [-0.4, -0.2) is 33.9 Å². The third-order valence-corrected chi connectivity index (χ3v) is 4.82. The average Bonchev–Trinajstić information content (AvgIpc) is 3.02. The Balaban J connectivity index is 0.00000288. The molecule has 1 heterocycles. The Morgan fingerprint density at radius 1 is 1.38 bits per heavy atom. The van der Waals surface area contributed by atoms with Crippen LogP contribution in [0.1, 0.15) is 18.4 Å². The zero-order valence-corrected chi connectivity index (χ0v) is 16.9. The van der Waals surface area contributed by atoms with Gasteiger partial charge in [0.1, 0.15) is 0 Å². The molecule has 3 N–H and O–H groups in total. The minimum Gasteiger partial charge on any atom is -0.414 e. The molecule has 0 aliphatic heterocycles. The van der Waals surface area contributed by atoms with Gasteiger partial charge in [-0.25, -0.2) is 0 Å². The maximum Gasteiger partial charge on any atom is 0.277 e. The smallest absolute Gasteiger partial charge is 0.277 e. The fraction of sp³-hybridized carbons (Fsp3) is 0.357. The number of nitrogens with two attached hydrogens (primary N) is 1. The third-order valence-electron chi connectivity index (χ3n) is 2.83. The Bertz CT molecular complexity index is 642. The molecule has 0 saturated heterocycles. The first-order valence-electron chi connectivity index (χ1n) is 6.84. The van der Waals surface area contributed by atoms with Crippen LogP contribution >= 0.6 is 51.9 Å². The van der Waals surface area contributed by atoms with E-state index in [1.807, 2.05) is 30.5 Å². The van der Waals surface area contributed by atoms with Gasteiger partial charge in [-0.3, -0.25) is 4.79 Å². The highest BCUT2D eigenvalue weighted by Crippen LogP contribution is 2.21. The molecular formula is C14H18BrClN4O2S2. The second-order valence-electron chi connectivity index (χ2n) is 4.64. The summed E-state index contributed by atoms with van der Waals surface area (Å²) in [6, 6.07) is 7.11. The number of nitrogens with one attached hydrogen (secondary N) is 1. The molecule has 0 radical (unpaired) electrons. The molecule has 0 aliphatic carbocycles. The summed E-state index contributed by atoms with van der Waals surface area (Å²) in [5.74, 6) is 1.40. The topological polar surface area (TPSA) is 94.0 Å². The van der Waals surface area contributed by atoms with Crippen LogP contribution in [0.25, 0.3) is 0 Å². The lowest BCUT2D eigenvalue weighted by atomic mass is 10.2. The first-order chi connectivity index (χ1) is 11.1. The zero-order chi connectivity index (χ0) is 16.7. The second kappa shape index (κ2) is 11.0. The summed E-state index contributed by atoms with van der Waals surface area (Å²) < 4.78 is 6.44. The van der Waals surface area contributed by atoms with Crippen LogP contribution in [0.5, 0.6) is 0 Å². The van der Waals surface area contributed by atoms with Crippen molar-refractivity contribution in [3.05, 3.63) is 34.6 Å². The maximum atomic E-state index is 11.9. The molecule has 10 heteroatoms. The van der Waals surface area contributed by atoms with Gasteiger partial charge in [-0.15, -0.1) is 22.6 Å². The summed E-state index contributed by atoms with van der Waals surface area (Å²) in [7, 11) is 0. The lowest BCUT2D eigenvalue weighted by Gasteiger charge is -2.04. The Morgan fingerprint density at radius 2 is 2.08 bits per heavy atom. The molecule has 0 unspecified atom stereocenters. The van der Waals surface area contributed by atoms with Gasteiger partial charge in [-0.05, 0) is 42.7 Å². The number of hydrogen-bond donors (Lipinski definition) is 2. The molecule has 1 aromatic carbocycles. The fourth-order valence-corrected chi connectivity index (χ4v) is 2.98. The van der Waals surface area contributed by atoms with E-state index in [0.29, 0.717) is 11.1 Å². The highest BCUT2D eigenvalue weighted by molar-refractivity contribution is 9.10. The van der Waals surface area contributed by atoms with Crippen LogP contribution in [0.2, 0.25) is 0 Å². The van der Waals surface area contributed by atoms with Crippen LogP contribution in [-0.2, 0) is 4.79 Å². The first-order valence-corrected chi connectivity index (χ1v) is 10.0. The number of carbonyl (C=O) groups excluding carboxylic acids is 1. The first kappa shape index (κ1) is 21.3. The van der Waals surface area contributed by atoms with Gasteiger partial charge in [-0.2, -0.15) is 11.8 Å². The van der Waals surface area contributed by atoms with Gasteiger partial charge in [0.2, 0.25) is 11.8 Å². The Labute approximate surface area is 163 Å². The molecule has 6 nitrogen and oxygen atoms in total. The molecule has 0 spiro atoms. The van der Waals surface area contributed by atoms with Crippen molar-refractivity contribution in [2.45, 2.75) is 17.7 Å². The van der Waals surface area contributed by atoms with E-state index in [2.05, 4.69) is 31.4 Å². The van der Waals surface area contributed by atoms with E-state index in [4.69, 9.17) is 10.2 Å². The maximum absolute atomic E-state index is 11.9. The summed E-state index contributed by atoms with van der Waals surface area (Å²) in [5, 5.41) is 11.0. The van der Waals surface area contributed by atoms with Crippen LogP contribution < -0.4 is 11.1 Å². The van der Waals surface area contributed by atoms with Crippen molar-refractivity contribution < 1.29 is 9.21 Å². The van der Waals surface area contributed by atoms with Crippen LogP contribution in [0.15, 0.2) is 38.4 Å². The number of halogens is 2. The number of amides is 1. The third kappa shape index (κ3) is 7.02. The van der Waals surface area contributed by atoms with Gasteiger partial charge in [0.25, 0.3) is 5.22 Å². The van der Waals surface area contributed by atoms with Gasteiger partial charge < -0.3 is 15.5 Å². The van der Waals surface area contributed by atoms with E-state index < -0.39 is 0 Å². The fourth-order valence-electron chi connectivity index (χ4n) is 1.65. The van der Waals surface area contributed by atoms with Crippen molar-refractivity contribution in [1.82, 2.24) is 10.2 Å². The molecule has 24 heavy (non-hydrogen) atoms. The Hall–Kier alpha value is -0.740. The number of hydrogen-bond acceptors (Lipinski definition) is 7. The predicted molar refractivity (Wildman–Crippen MR) is 105 cm³/mol. The standard InChI is InChI=1S/C14H17BrN4O2S2.ClH/c1-22-7-6-11(16)13-18-19-14(21-13)23-8-12(20)17-10-4-2-9(15)3-5-10;/h2-5,11H,6-8,16H2,1H3,(H,17,20);1H/t11-;/m0./s1. The Morgan fingerprint density at radius 3 is 2.75 bits per heavy atom. The molecule has 0 saturated carbocycles. The van der Waals surface area contributed by atoms with Gasteiger partial charge in [0.05, 0.1) is 11.8 Å². The molecule has 132 valence electrons. The van der Waals surface area contributed by atoms with Gasteiger partial charge >= 0.3 is 0 Å². The predicted octanol–water partition coefficient (Wildman–Crippen LogP) is 3.74. The lowest BCUT2D eigenvalue weighted by Crippen LogP contribution is -2.13. The Kier molecular flexibility index (Phi) is 9.75. The van der Waals surface area contributed by atoms with Crippen molar-refractivity contribution in [3.8, 4) is 0 Å². The van der Waals surface area contributed by atoms with E-state index in [1.165, 1.54) is 11.8 Å². The molecule has 1 amide bonds. The van der Waals surface area contributed by atoms with E-state index >= 15 is 0 Å². The molecule has 2 aromatic rings. The monoisotopic (exact) mass is 452 g/mol. The highest BCUT2D eigenvalue weighted by atomic mass is 79.9. The van der Waals surface area contributed by atoms with Crippen molar-refractivity contribution in [2.24, 2.45) is 5.73 Å². The quantitative estimate of drug-likeness (QED) is 0.588. The number of aromatic nitrogens is 2. The lowest BCUT2D eigenvalue weighted by molar-refractivity contribution is -0.113. The van der Waals surface area contributed by atoms with Crippen molar-refractivity contribution in [2.75, 3.05) is 23.1 Å². The van der Waals surface area contributed by atoms with Crippen LogP contribution in [0.4, 0.5) is 5.69 Å². The van der Waals surface area contributed by atoms with Crippen LogP contribution in [0.3, 0.4) is 0 Å². The van der Waals surface area contributed by atoms with E-state index in [1.54, 1.807) is 11.8 Å². The van der Waals surface area contributed by atoms with Crippen molar-refractivity contribution in [3.63, 3.8) is 0 Å². The van der Waals surface area contributed by atoms with Gasteiger partial charge in [0, 0.05) is 10.2 Å². The van der Waals surface area contributed by atoms with E-state index in [0.717, 1.165) is 22.3 Å². The molecule has 2 rings (SSSR count). The molecule has 1 aromatic heterocycles. The number of thioether (sulfide) groups is 2. The summed E-state index contributed by atoms with van der Waals surface area (Å²) in [5.41, 5.74) is 6.70. The SMILES string of the molecule is CSCC[C@H](N)c1nnc(SCC(=O)Nc2ccc(Br)cc2)o1.Cl. The van der Waals surface area contributed by atoms with E-state index in [-0.39, 0.29) is 30.1 Å². The van der Waals surface area contributed by atoms with Crippen molar-refractivity contribution in [1.29, 1.82) is 0 Å². The number of rotatable bonds is 8. The van der Waals surface area contributed by atoms with Gasteiger partial charge in [0.15, 0.2) is 0 Å². The van der Waals surface area contributed by atoms with Crippen molar-refractivity contribution >= 4 is 63.5 Å². The summed E-state index contributed by atoms with van der Waals surface area (Å²) >= 11 is 6.25. The minimum atomic E-state index is -0.263. The summed E-state index contributed by atoms with van der Waals surface area (Å²) in [6.45, 7) is 0. The largest absolute Gasteiger partial charge is 0.414 e. The number of benzene rings is 1. The molecule has 0 aliphatic rings. The molecule has 0 fully saturated rings. The minimum absolute atomic E-state index is 0. The molecule has 1 atom stereocenters. The summed E-state index contributed by atoms with van der Waals surface area (Å²) in [4.78, 5) is 11.9. The zero-order valence-electron chi connectivity index (χ0n) is 12.9.